The Morgan fingerprint density at radius 1 is 1.16 bits per heavy atom. The van der Waals surface area contributed by atoms with Crippen LogP contribution < -0.4 is 5.32 Å². The molecule has 0 radical (unpaired) electrons. The molecule has 1 aliphatic heterocycles. The topological polar surface area (TPSA) is 58.6 Å². The molecule has 1 N–H and O–H groups in total. The molecule has 2 atom stereocenters. The number of amides is 1. The predicted molar refractivity (Wildman–Crippen MR) is 105 cm³/mol. The van der Waals surface area contributed by atoms with Crippen molar-refractivity contribution >= 4 is 23.5 Å². The molecule has 11 heteroatoms. The number of benzene rings is 2. The van der Waals surface area contributed by atoms with Crippen LogP contribution in [-0.4, -0.2) is 42.5 Å². The quantitative estimate of drug-likeness (QED) is 0.519. The zero-order chi connectivity index (χ0) is 23.6. The largest absolute Gasteiger partial charge is 0.468 e. The number of halogens is 6. The van der Waals surface area contributed by atoms with Crippen LogP contribution in [0.3, 0.4) is 0 Å². The first-order valence-electron chi connectivity index (χ1n) is 9.43. The summed E-state index contributed by atoms with van der Waals surface area (Å²) in [6.45, 7) is 0.189. The minimum atomic E-state index is -4.65. The third-order valence-corrected chi connectivity index (χ3v) is 5.45. The van der Waals surface area contributed by atoms with Gasteiger partial charge in [-0.15, -0.1) is 0 Å². The van der Waals surface area contributed by atoms with Crippen molar-refractivity contribution in [2.24, 2.45) is 0 Å². The standard InChI is InChI=1S/C21H18ClF5N2O3/c1-32-20(31)18-8-13(10-29(18)9-11-2-5-16(23)17(24)6-11)28-19(30)14-7-12(21(25,26)27)3-4-15(14)22/h2-7,13,18H,8-10H2,1H3,(H,28,30)/t13-,18+/m1/s1. The zero-order valence-electron chi connectivity index (χ0n) is 16.7. The van der Waals surface area contributed by atoms with E-state index in [-0.39, 0.29) is 30.1 Å². The minimum absolute atomic E-state index is 0.0631. The summed E-state index contributed by atoms with van der Waals surface area (Å²) in [5.41, 5.74) is -0.980. The van der Waals surface area contributed by atoms with E-state index in [2.05, 4.69) is 5.32 Å². The van der Waals surface area contributed by atoms with E-state index in [4.69, 9.17) is 16.3 Å². The molecule has 1 heterocycles. The van der Waals surface area contributed by atoms with Crippen molar-refractivity contribution in [3.8, 4) is 0 Å². The number of nitrogens with one attached hydrogen (secondary N) is 1. The SMILES string of the molecule is COC(=O)[C@@H]1C[C@@H](NC(=O)c2cc(C(F)(F)F)ccc2Cl)CN1Cc1ccc(F)c(F)c1. The van der Waals surface area contributed by atoms with Crippen molar-refractivity contribution in [1.82, 2.24) is 10.2 Å². The number of carbonyl (C=O) groups is 2. The first-order valence-corrected chi connectivity index (χ1v) is 9.80. The summed E-state index contributed by atoms with van der Waals surface area (Å²) in [4.78, 5) is 26.4. The maximum atomic E-state index is 13.5. The van der Waals surface area contributed by atoms with Gasteiger partial charge in [-0.2, -0.15) is 13.2 Å². The van der Waals surface area contributed by atoms with Gasteiger partial charge in [0, 0.05) is 19.1 Å². The highest BCUT2D eigenvalue weighted by molar-refractivity contribution is 6.33. The van der Waals surface area contributed by atoms with Crippen LogP contribution in [0.2, 0.25) is 5.02 Å². The number of alkyl halides is 3. The Bertz CT molecular complexity index is 1030. The molecule has 1 saturated heterocycles. The normalized spacial score (nSPS) is 19.1. The van der Waals surface area contributed by atoms with Crippen LogP contribution >= 0.6 is 11.6 Å². The number of carbonyl (C=O) groups excluding carboxylic acids is 2. The maximum Gasteiger partial charge on any atom is 0.416 e. The molecule has 0 saturated carbocycles. The first-order chi connectivity index (χ1) is 15.0. The van der Waals surface area contributed by atoms with Gasteiger partial charge in [0.15, 0.2) is 11.6 Å². The van der Waals surface area contributed by atoms with Gasteiger partial charge in [0.05, 0.1) is 23.3 Å². The van der Waals surface area contributed by atoms with E-state index < -0.39 is 47.3 Å². The monoisotopic (exact) mass is 476 g/mol. The fraction of sp³-hybridized carbons (Fsp3) is 0.333. The van der Waals surface area contributed by atoms with E-state index in [0.29, 0.717) is 11.6 Å². The van der Waals surface area contributed by atoms with Gasteiger partial charge in [0.25, 0.3) is 5.91 Å². The molecule has 0 aliphatic carbocycles. The molecular formula is C21H18ClF5N2O3. The molecule has 3 rings (SSSR count). The Kier molecular flexibility index (Phi) is 7.04. The first kappa shape index (κ1) is 23.9. The lowest BCUT2D eigenvalue weighted by Crippen LogP contribution is -2.38. The van der Waals surface area contributed by atoms with Crippen molar-refractivity contribution in [3.63, 3.8) is 0 Å². The third kappa shape index (κ3) is 5.36. The zero-order valence-corrected chi connectivity index (χ0v) is 17.4. The maximum absolute atomic E-state index is 13.5. The van der Waals surface area contributed by atoms with Gasteiger partial charge >= 0.3 is 12.1 Å². The summed E-state index contributed by atoms with van der Waals surface area (Å²) in [6.07, 6.45) is -4.54. The van der Waals surface area contributed by atoms with Crippen LogP contribution in [0.25, 0.3) is 0 Å². The molecule has 2 aromatic carbocycles. The van der Waals surface area contributed by atoms with E-state index in [9.17, 15) is 31.5 Å². The fourth-order valence-electron chi connectivity index (χ4n) is 3.58. The Balaban J connectivity index is 1.77. The van der Waals surface area contributed by atoms with E-state index in [0.717, 1.165) is 24.3 Å². The van der Waals surface area contributed by atoms with Crippen molar-refractivity contribution in [1.29, 1.82) is 0 Å². The molecule has 1 aliphatic rings. The van der Waals surface area contributed by atoms with Gasteiger partial charge in [-0.05, 0) is 42.3 Å². The minimum Gasteiger partial charge on any atom is -0.468 e. The summed E-state index contributed by atoms with van der Waals surface area (Å²) in [5, 5.41) is 2.43. The van der Waals surface area contributed by atoms with Crippen molar-refractivity contribution < 1.29 is 36.3 Å². The summed E-state index contributed by atoms with van der Waals surface area (Å²) in [6, 6.07) is 4.31. The van der Waals surface area contributed by atoms with Crippen LogP contribution in [0, 0.1) is 11.6 Å². The average molecular weight is 477 g/mol. The van der Waals surface area contributed by atoms with Crippen LogP contribution in [-0.2, 0) is 22.3 Å². The van der Waals surface area contributed by atoms with Gasteiger partial charge in [0.1, 0.15) is 6.04 Å². The number of hydrogen-bond acceptors (Lipinski definition) is 4. The molecule has 32 heavy (non-hydrogen) atoms. The number of nitrogens with zero attached hydrogens (tertiary/aromatic N) is 1. The van der Waals surface area contributed by atoms with Gasteiger partial charge in [-0.3, -0.25) is 14.5 Å². The summed E-state index contributed by atoms with van der Waals surface area (Å²) >= 11 is 5.91. The molecular weight excluding hydrogens is 459 g/mol. The van der Waals surface area contributed by atoms with Crippen LogP contribution in [0.1, 0.15) is 27.9 Å². The fourth-order valence-corrected chi connectivity index (χ4v) is 3.78. The number of rotatable bonds is 5. The lowest BCUT2D eigenvalue weighted by molar-refractivity contribution is -0.146. The predicted octanol–water partition coefficient (Wildman–Crippen LogP) is 4.18. The van der Waals surface area contributed by atoms with E-state index >= 15 is 0 Å². The molecule has 0 unspecified atom stereocenters. The van der Waals surface area contributed by atoms with Gasteiger partial charge in [-0.25, -0.2) is 8.78 Å². The molecule has 1 amide bonds. The van der Waals surface area contributed by atoms with Gasteiger partial charge in [0.2, 0.25) is 0 Å². The highest BCUT2D eigenvalue weighted by Crippen LogP contribution is 2.32. The lowest BCUT2D eigenvalue weighted by atomic mass is 10.1. The highest BCUT2D eigenvalue weighted by atomic mass is 35.5. The molecule has 172 valence electrons. The van der Waals surface area contributed by atoms with Crippen LogP contribution in [0.4, 0.5) is 22.0 Å². The average Bonchev–Trinajstić information content (AvgIpc) is 3.11. The second-order valence-corrected chi connectivity index (χ2v) is 7.72. The van der Waals surface area contributed by atoms with Crippen molar-refractivity contribution in [2.45, 2.75) is 31.2 Å². The molecule has 5 nitrogen and oxygen atoms in total. The Morgan fingerprint density at radius 2 is 1.88 bits per heavy atom. The Labute approximate surface area is 185 Å². The number of hydrogen-bond donors (Lipinski definition) is 1. The number of methoxy groups -OCH3 is 1. The molecule has 2 aromatic rings. The van der Waals surface area contributed by atoms with E-state index in [1.165, 1.54) is 13.2 Å². The van der Waals surface area contributed by atoms with Crippen molar-refractivity contribution in [2.75, 3.05) is 13.7 Å². The Morgan fingerprint density at radius 3 is 2.50 bits per heavy atom. The second-order valence-electron chi connectivity index (χ2n) is 7.32. The lowest BCUT2D eigenvalue weighted by Gasteiger charge is -2.22. The van der Waals surface area contributed by atoms with Gasteiger partial charge < -0.3 is 10.1 Å². The number of ether oxygens (including phenoxy) is 1. The molecule has 0 spiro atoms. The third-order valence-electron chi connectivity index (χ3n) is 5.12. The van der Waals surface area contributed by atoms with E-state index in [1.54, 1.807) is 4.90 Å². The van der Waals surface area contributed by atoms with E-state index in [1.807, 2.05) is 0 Å². The summed E-state index contributed by atoms with van der Waals surface area (Å²) < 4.78 is 70.4. The molecule has 0 bridgehead atoms. The summed E-state index contributed by atoms with van der Waals surface area (Å²) in [7, 11) is 1.19. The highest BCUT2D eigenvalue weighted by Gasteiger charge is 2.39. The smallest absolute Gasteiger partial charge is 0.416 e. The van der Waals surface area contributed by atoms with Crippen molar-refractivity contribution in [3.05, 3.63) is 69.7 Å². The van der Waals surface area contributed by atoms with Gasteiger partial charge in [-0.1, -0.05) is 17.7 Å². The number of likely N-dealkylation sites (tertiary alicyclic amines) is 1. The summed E-state index contributed by atoms with van der Waals surface area (Å²) in [5.74, 6) is -3.48. The van der Waals surface area contributed by atoms with Crippen LogP contribution in [0.15, 0.2) is 36.4 Å². The molecule has 1 fully saturated rings. The Hall–Kier alpha value is -2.72. The second kappa shape index (κ2) is 9.41. The number of esters is 1. The van der Waals surface area contributed by atoms with Crippen LogP contribution in [0.5, 0.6) is 0 Å². The molecule has 0 aromatic heterocycles.